The van der Waals surface area contributed by atoms with Gasteiger partial charge in [-0.25, -0.2) is 0 Å². The molecule has 3 amide bonds. The zero-order valence-corrected chi connectivity index (χ0v) is 9.41. The number of rotatable bonds is 4. The highest BCUT2D eigenvalue weighted by Crippen LogP contribution is 1.99. The maximum absolute atomic E-state index is 11.6. The summed E-state index contributed by atoms with van der Waals surface area (Å²) in [5.74, 6) is -0.230. The Morgan fingerprint density at radius 3 is 2.88 bits per heavy atom. The second-order valence-electron chi connectivity index (χ2n) is 3.75. The third-order valence-electron chi connectivity index (χ3n) is 2.33. The van der Waals surface area contributed by atoms with Gasteiger partial charge in [0, 0.05) is 33.0 Å². The minimum absolute atomic E-state index is 0.0276. The highest BCUT2D eigenvalue weighted by atomic mass is 16.2. The zero-order chi connectivity index (χ0) is 12.0. The number of carbonyl (C=O) groups is 3. The molecule has 0 aromatic rings. The van der Waals surface area contributed by atoms with Crippen LogP contribution in [0.4, 0.5) is 0 Å². The molecule has 0 unspecified atom stereocenters. The first-order chi connectivity index (χ1) is 7.59. The Kier molecular flexibility index (Phi) is 4.75. The van der Waals surface area contributed by atoms with E-state index in [1.165, 1.54) is 6.92 Å². The van der Waals surface area contributed by atoms with Gasteiger partial charge in [0.05, 0.1) is 6.54 Å². The predicted molar refractivity (Wildman–Crippen MR) is 57.5 cm³/mol. The third kappa shape index (κ3) is 4.29. The molecule has 0 spiro atoms. The average molecular weight is 227 g/mol. The average Bonchev–Trinajstić information content (AvgIpc) is 2.24. The topological polar surface area (TPSA) is 78.5 Å². The molecule has 16 heavy (non-hydrogen) atoms. The first-order valence-electron chi connectivity index (χ1n) is 5.38. The summed E-state index contributed by atoms with van der Waals surface area (Å²) in [5, 5.41) is 5.28. The second kappa shape index (κ2) is 6.09. The minimum atomic E-state index is -0.110. The summed E-state index contributed by atoms with van der Waals surface area (Å²) in [6, 6.07) is 0. The van der Waals surface area contributed by atoms with E-state index in [-0.39, 0.29) is 24.3 Å². The molecule has 0 aromatic heterocycles. The molecular weight excluding hydrogens is 210 g/mol. The van der Waals surface area contributed by atoms with Crippen LogP contribution >= 0.6 is 0 Å². The van der Waals surface area contributed by atoms with Crippen LogP contribution in [0, 0.1) is 0 Å². The van der Waals surface area contributed by atoms with Crippen LogP contribution < -0.4 is 10.6 Å². The smallest absolute Gasteiger partial charge is 0.239 e. The zero-order valence-electron chi connectivity index (χ0n) is 9.41. The van der Waals surface area contributed by atoms with Gasteiger partial charge in [-0.15, -0.1) is 0 Å². The van der Waals surface area contributed by atoms with E-state index < -0.39 is 0 Å². The summed E-state index contributed by atoms with van der Waals surface area (Å²) in [5.41, 5.74) is 0. The van der Waals surface area contributed by atoms with Crippen LogP contribution in [0.15, 0.2) is 0 Å². The summed E-state index contributed by atoms with van der Waals surface area (Å²) in [4.78, 5) is 34.8. The number of hydrogen-bond acceptors (Lipinski definition) is 3. The van der Waals surface area contributed by atoms with Crippen LogP contribution in [0.2, 0.25) is 0 Å². The summed E-state index contributed by atoms with van der Waals surface area (Å²) in [6.07, 6.45) is 0.976. The van der Waals surface area contributed by atoms with Crippen LogP contribution in [0.25, 0.3) is 0 Å². The van der Waals surface area contributed by atoms with Gasteiger partial charge in [-0.05, 0) is 6.42 Å². The molecule has 0 saturated carbocycles. The van der Waals surface area contributed by atoms with E-state index in [2.05, 4.69) is 10.6 Å². The number of amides is 3. The number of piperazine rings is 1. The van der Waals surface area contributed by atoms with Gasteiger partial charge in [-0.3, -0.25) is 14.4 Å². The van der Waals surface area contributed by atoms with E-state index in [1.807, 2.05) is 0 Å². The van der Waals surface area contributed by atoms with Gasteiger partial charge in [0.2, 0.25) is 17.7 Å². The van der Waals surface area contributed by atoms with Crippen LogP contribution in [-0.4, -0.2) is 48.8 Å². The lowest BCUT2D eigenvalue weighted by atomic mass is 10.2. The summed E-state index contributed by atoms with van der Waals surface area (Å²) in [6.45, 7) is 3.19. The van der Waals surface area contributed by atoms with Crippen LogP contribution in [0.1, 0.15) is 19.8 Å². The van der Waals surface area contributed by atoms with Crippen LogP contribution in [0.5, 0.6) is 0 Å². The lowest BCUT2D eigenvalue weighted by Gasteiger charge is -2.26. The Hall–Kier alpha value is -1.59. The fraction of sp³-hybridized carbons (Fsp3) is 0.700. The second-order valence-corrected chi connectivity index (χ2v) is 3.75. The lowest BCUT2D eigenvalue weighted by Crippen LogP contribution is -2.50. The molecule has 0 atom stereocenters. The molecule has 2 N–H and O–H groups in total. The summed E-state index contributed by atoms with van der Waals surface area (Å²) < 4.78 is 0. The first-order valence-corrected chi connectivity index (χ1v) is 5.38. The molecule has 1 aliphatic rings. The fourth-order valence-electron chi connectivity index (χ4n) is 1.51. The predicted octanol–water partition coefficient (Wildman–Crippen LogP) is -1.14. The van der Waals surface area contributed by atoms with E-state index in [0.29, 0.717) is 32.5 Å². The highest BCUT2D eigenvalue weighted by Gasteiger charge is 2.20. The van der Waals surface area contributed by atoms with Crippen molar-refractivity contribution in [2.24, 2.45) is 0 Å². The van der Waals surface area contributed by atoms with Gasteiger partial charge in [0.1, 0.15) is 0 Å². The number of hydrogen-bond donors (Lipinski definition) is 2. The molecule has 0 bridgehead atoms. The van der Waals surface area contributed by atoms with Crippen molar-refractivity contribution in [1.82, 2.24) is 15.5 Å². The molecule has 90 valence electrons. The third-order valence-corrected chi connectivity index (χ3v) is 2.33. The number of nitrogens with zero attached hydrogens (tertiary/aromatic N) is 1. The van der Waals surface area contributed by atoms with Gasteiger partial charge in [0.25, 0.3) is 0 Å². The number of carbonyl (C=O) groups excluding carboxylic acids is 3. The Bertz CT molecular complexity index is 291. The number of nitrogens with one attached hydrogen (secondary N) is 2. The quantitative estimate of drug-likeness (QED) is 0.596. The van der Waals surface area contributed by atoms with Crippen molar-refractivity contribution in [2.75, 3.05) is 26.2 Å². The maximum atomic E-state index is 11.6. The molecule has 0 aliphatic carbocycles. The monoisotopic (exact) mass is 227 g/mol. The van der Waals surface area contributed by atoms with Crippen molar-refractivity contribution >= 4 is 17.7 Å². The van der Waals surface area contributed by atoms with Gasteiger partial charge in [-0.2, -0.15) is 0 Å². The van der Waals surface area contributed by atoms with Crippen molar-refractivity contribution in [3.63, 3.8) is 0 Å². The van der Waals surface area contributed by atoms with E-state index in [9.17, 15) is 14.4 Å². The minimum Gasteiger partial charge on any atom is -0.356 e. The standard InChI is InChI=1S/C10H17N3O3/c1-8(14)11-4-2-3-10(16)13-6-5-12-9(15)7-13/h2-7H2,1H3,(H,11,14)(H,12,15). The van der Waals surface area contributed by atoms with E-state index in [0.717, 1.165) is 0 Å². The molecule has 0 radical (unpaired) electrons. The normalized spacial score (nSPS) is 15.6. The fourth-order valence-corrected chi connectivity index (χ4v) is 1.51. The summed E-state index contributed by atoms with van der Waals surface area (Å²) >= 11 is 0. The molecule has 1 rings (SSSR count). The molecule has 1 heterocycles. The Morgan fingerprint density at radius 1 is 1.50 bits per heavy atom. The highest BCUT2D eigenvalue weighted by molar-refractivity contribution is 5.85. The molecular formula is C10H17N3O3. The van der Waals surface area contributed by atoms with Crippen molar-refractivity contribution in [2.45, 2.75) is 19.8 Å². The first kappa shape index (κ1) is 12.5. The lowest BCUT2D eigenvalue weighted by molar-refractivity contribution is -0.138. The van der Waals surface area contributed by atoms with Crippen LogP contribution in [0.3, 0.4) is 0 Å². The van der Waals surface area contributed by atoms with Gasteiger partial charge < -0.3 is 15.5 Å². The van der Waals surface area contributed by atoms with Gasteiger partial charge >= 0.3 is 0 Å². The summed E-state index contributed by atoms with van der Waals surface area (Å²) in [7, 11) is 0. The van der Waals surface area contributed by atoms with Crippen molar-refractivity contribution in [3.8, 4) is 0 Å². The molecule has 6 heteroatoms. The van der Waals surface area contributed by atoms with Crippen molar-refractivity contribution in [3.05, 3.63) is 0 Å². The Labute approximate surface area is 94.4 Å². The molecule has 1 saturated heterocycles. The largest absolute Gasteiger partial charge is 0.356 e. The Morgan fingerprint density at radius 2 is 2.25 bits per heavy atom. The van der Waals surface area contributed by atoms with E-state index >= 15 is 0 Å². The van der Waals surface area contributed by atoms with Crippen molar-refractivity contribution < 1.29 is 14.4 Å². The molecule has 1 fully saturated rings. The Balaban J connectivity index is 2.19. The van der Waals surface area contributed by atoms with Crippen LogP contribution in [-0.2, 0) is 14.4 Å². The van der Waals surface area contributed by atoms with Gasteiger partial charge in [0.15, 0.2) is 0 Å². The molecule has 1 aliphatic heterocycles. The molecule has 6 nitrogen and oxygen atoms in total. The molecule has 0 aromatic carbocycles. The maximum Gasteiger partial charge on any atom is 0.239 e. The van der Waals surface area contributed by atoms with Crippen molar-refractivity contribution in [1.29, 1.82) is 0 Å². The van der Waals surface area contributed by atoms with E-state index in [4.69, 9.17) is 0 Å². The SMILES string of the molecule is CC(=O)NCCCC(=O)N1CCNC(=O)C1. The van der Waals surface area contributed by atoms with E-state index in [1.54, 1.807) is 4.90 Å². The van der Waals surface area contributed by atoms with Gasteiger partial charge in [-0.1, -0.05) is 0 Å².